The van der Waals surface area contributed by atoms with Gasteiger partial charge in [-0.2, -0.15) is 5.26 Å². The first-order chi connectivity index (χ1) is 15.2. The number of carbonyl (C=O) groups is 1. The number of hydrogen-bond donors (Lipinski definition) is 0. The summed E-state index contributed by atoms with van der Waals surface area (Å²) in [4.78, 5) is 30.9. The van der Waals surface area contributed by atoms with E-state index in [0.717, 1.165) is 50.2 Å². The number of pyridine rings is 1. The van der Waals surface area contributed by atoms with Gasteiger partial charge in [0.2, 0.25) is 0 Å². The normalized spacial score (nSPS) is 21.4. The van der Waals surface area contributed by atoms with Gasteiger partial charge < -0.3 is 4.90 Å². The Balaban J connectivity index is 2.24. The van der Waals surface area contributed by atoms with Crippen LogP contribution in [0.1, 0.15) is 70.1 Å². The first-order valence-electron chi connectivity index (χ1n) is 11.4. The summed E-state index contributed by atoms with van der Waals surface area (Å²) < 4.78 is 2.30. The number of carbonyl (C=O) groups excluding carboxylic acids is 1. The maximum absolute atomic E-state index is 13.2. The summed E-state index contributed by atoms with van der Waals surface area (Å²) in [5.74, 6) is 1.24. The predicted octanol–water partition coefficient (Wildman–Crippen LogP) is 4.67. The summed E-state index contributed by atoms with van der Waals surface area (Å²) in [6.45, 7) is 12.3. The van der Waals surface area contributed by atoms with Gasteiger partial charge in [-0.1, -0.05) is 44.8 Å². The molecule has 0 saturated carbocycles. The maximum Gasteiger partial charge on any atom is 0.270 e. The van der Waals surface area contributed by atoms with E-state index in [2.05, 4.69) is 17.9 Å². The summed E-state index contributed by atoms with van der Waals surface area (Å²) in [5.41, 5.74) is 1.32. The molecule has 3 heterocycles. The van der Waals surface area contributed by atoms with Gasteiger partial charge in [0.05, 0.1) is 4.91 Å². The fraction of sp³-hybridized carbons (Fsp3) is 0.583. The molecule has 0 aromatic carbocycles. The fourth-order valence-electron chi connectivity index (χ4n) is 4.47. The lowest BCUT2D eigenvalue weighted by atomic mass is 9.98. The molecular weight excluding hydrogens is 440 g/mol. The van der Waals surface area contributed by atoms with Crippen molar-refractivity contribution in [2.45, 2.75) is 72.9 Å². The van der Waals surface area contributed by atoms with Gasteiger partial charge in [-0.25, -0.2) is 0 Å². The number of amides is 1. The summed E-state index contributed by atoms with van der Waals surface area (Å²) in [7, 11) is 0. The second-order valence-corrected chi connectivity index (χ2v) is 10.5. The lowest BCUT2D eigenvalue weighted by Crippen LogP contribution is -2.40. The van der Waals surface area contributed by atoms with Gasteiger partial charge in [0.15, 0.2) is 0 Å². The molecule has 3 rings (SSSR count). The van der Waals surface area contributed by atoms with E-state index in [4.69, 9.17) is 12.2 Å². The van der Waals surface area contributed by atoms with Crippen molar-refractivity contribution in [1.82, 2.24) is 9.47 Å². The number of thioether (sulfide) groups is 1. The van der Waals surface area contributed by atoms with Crippen molar-refractivity contribution in [3.8, 4) is 6.07 Å². The lowest BCUT2D eigenvalue weighted by molar-refractivity contribution is -0.123. The molecule has 32 heavy (non-hydrogen) atoms. The van der Waals surface area contributed by atoms with Gasteiger partial charge in [-0.3, -0.25) is 19.1 Å². The number of rotatable bonds is 6. The minimum absolute atomic E-state index is 0.0284. The molecule has 2 aliphatic heterocycles. The molecular formula is C24H32N4O2S2. The molecule has 8 heteroatoms. The number of aromatic nitrogens is 1. The molecule has 1 aromatic heterocycles. The van der Waals surface area contributed by atoms with Crippen LogP contribution in [0.3, 0.4) is 0 Å². The third-order valence-corrected chi connectivity index (χ3v) is 7.71. The number of nitriles is 1. The van der Waals surface area contributed by atoms with Gasteiger partial charge >= 0.3 is 0 Å². The molecule has 0 aliphatic carbocycles. The van der Waals surface area contributed by atoms with Gasteiger partial charge in [0.25, 0.3) is 11.5 Å². The van der Waals surface area contributed by atoms with E-state index in [-0.39, 0.29) is 23.1 Å². The minimum Gasteiger partial charge on any atom is -0.357 e. The zero-order chi connectivity index (χ0) is 23.6. The third kappa shape index (κ3) is 4.51. The Morgan fingerprint density at radius 1 is 1.34 bits per heavy atom. The number of hydrogen-bond acceptors (Lipinski definition) is 6. The molecule has 0 bridgehead atoms. The van der Waals surface area contributed by atoms with Crippen molar-refractivity contribution in [2.24, 2.45) is 5.92 Å². The molecule has 172 valence electrons. The monoisotopic (exact) mass is 472 g/mol. The molecule has 0 radical (unpaired) electrons. The summed E-state index contributed by atoms with van der Waals surface area (Å²) in [6.07, 6.45) is 5.66. The number of thiocarbonyl (C=S) groups is 1. The van der Waals surface area contributed by atoms with E-state index >= 15 is 0 Å². The van der Waals surface area contributed by atoms with Crippen molar-refractivity contribution in [2.75, 3.05) is 18.0 Å². The molecule has 2 unspecified atom stereocenters. The maximum atomic E-state index is 13.2. The van der Waals surface area contributed by atoms with Crippen molar-refractivity contribution < 1.29 is 4.79 Å². The summed E-state index contributed by atoms with van der Waals surface area (Å²) in [6, 6.07) is 2.14. The van der Waals surface area contributed by atoms with Crippen LogP contribution in [0.25, 0.3) is 6.08 Å². The second-order valence-electron chi connectivity index (χ2n) is 8.81. The van der Waals surface area contributed by atoms with Crippen LogP contribution in [0.15, 0.2) is 9.70 Å². The third-order valence-electron chi connectivity index (χ3n) is 6.38. The molecule has 2 atom stereocenters. The number of nitrogens with zero attached hydrogens (tertiary/aromatic N) is 4. The Morgan fingerprint density at radius 3 is 2.66 bits per heavy atom. The van der Waals surface area contributed by atoms with Crippen LogP contribution in [0.5, 0.6) is 0 Å². The lowest BCUT2D eigenvalue weighted by Gasteiger charge is -2.36. The van der Waals surface area contributed by atoms with Gasteiger partial charge in [0.1, 0.15) is 21.8 Å². The Morgan fingerprint density at radius 2 is 2.06 bits per heavy atom. The van der Waals surface area contributed by atoms with Crippen molar-refractivity contribution in [3.05, 3.63) is 31.9 Å². The van der Waals surface area contributed by atoms with Crippen LogP contribution >= 0.6 is 24.0 Å². The molecule has 2 fully saturated rings. The Labute approximate surface area is 200 Å². The van der Waals surface area contributed by atoms with Crippen LogP contribution in [0.4, 0.5) is 5.82 Å². The predicted molar refractivity (Wildman–Crippen MR) is 136 cm³/mol. The number of anilines is 1. The van der Waals surface area contributed by atoms with Crippen LogP contribution in [-0.4, -0.2) is 38.8 Å². The van der Waals surface area contributed by atoms with Crippen molar-refractivity contribution in [3.63, 3.8) is 0 Å². The summed E-state index contributed by atoms with van der Waals surface area (Å²) in [5, 5.41) is 9.76. The van der Waals surface area contributed by atoms with Crippen LogP contribution < -0.4 is 10.5 Å². The van der Waals surface area contributed by atoms with E-state index in [0.29, 0.717) is 27.3 Å². The van der Waals surface area contributed by atoms with Crippen molar-refractivity contribution in [1.29, 1.82) is 5.26 Å². The quantitative estimate of drug-likeness (QED) is 0.442. The molecule has 0 N–H and O–H groups in total. The average molecular weight is 473 g/mol. The first-order valence-corrected chi connectivity index (χ1v) is 12.7. The largest absolute Gasteiger partial charge is 0.357 e. The molecule has 6 nitrogen and oxygen atoms in total. The van der Waals surface area contributed by atoms with E-state index in [9.17, 15) is 14.9 Å². The van der Waals surface area contributed by atoms with Gasteiger partial charge in [-0.05, 0) is 57.1 Å². The molecule has 1 amide bonds. The second kappa shape index (κ2) is 10.2. The van der Waals surface area contributed by atoms with Gasteiger partial charge in [0, 0.05) is 31.2 Å². The molecule has 2 saturated heterocycles. The van der Waals surface area contributed by atoms with Gasteiger partial charge in [-0.15, -0.1) is 0 Å². The highest BCUT2D eigenvalue weighted by Crippen LogP contribution is 2.37. The van der Waals surface area contributed by atoms with Crippen LogP contribution in [0.2, 0.25) is 0 Å². The molecule has 1 aromatic rings. The smallest absolute Gasteiger partial charge is 0.270 e. The zero-order valence-electron chi connectivity index (χ0n) is 19.6. The van der Waals surface area contributed by atoms with Crippen LogP contribution in [-0.2, 0) is 11.3 Å². The minimum atomic E-state index is -0.246. The first kappa shape index (κ1) is 24.5. The van der Waals surface area contributed by atoms with E-state index in [1.807, 2.05) is 33.8 Å². The highest BCUT2D eigenvalue weighted by atomic mass is 32.2. The highest BCUT2D eigenvalue weighted by molar-refractivity contribution is 8.26. The topological polar surface area (TPSA) is 69.3 Å². The zero-order valence-corrected chi connectivity index (χ0v) is 21.2. The SMILES string of the molecule is CCCn1c(N2CCCC(C)C2)c(/C=C2/SC(=S)N(C(C)CC)C2=O)c(C)c(C#N)c1=O. The van der Waals surface area contributed by atoms with Crippen molar-refractivity contribution >= 4 is 46.1 Å². The standard InChI is InChI=1S/C24H32N4O2S2/c1-6-10-27-21(26-11-8-9-15(3)14-26)18(17(5)19(13-25)22(27)29)12-20-23(30)28(16(4)7-2)24(31)32-20/h12,15-16H,6-11,14H2,1-5H3/b20-12+. The van der Waals surface area contributed by atoms with E-state index < -0.39 is 0 Å². The average Bonchev–Trinajstić information content (AvgIpc) is 3.04. The van der Waals surface area contributed by atoms with Crippen LogP contribution in [0, 0.1) is 24.2 Å². The summed E-state index contributed by atoms with van der Waals surface area (Å²) >= 11 is 6.81. The Bertz CT molecular complexity index is 1050. The Hall–Kier alpha value is -2.11. The fourth-order valence-corrected chi connectivity index (χ4v) is 5.92. The van der Waals surface area contributed by atoms with E-state index in [1.165, 1.54) is 11.8 Å². The Kier molecular flexibility index (Phi) is 7.84. The number of piperidine rings is 1. The highest BCUT2D eigenvalue weighted by Gasteiger charge is 2.35. The molecule has 2 aliphatic rings. The molecule has 0 spiro atoms. The van der Waals surface area contributed by atoms with E-state index in [1.54, 1.807) is 9.47 Å².